The molecule has 2 aromatic rings. The summed E-state index contributed by atoms with van der Waals surface area (Å²) in [5, 5.41) is 8.02. The number of aryl methyl sites for hydroxylation is 1. The Hall–Kier alpha value is -2.57. The smallest absolute Gasteiger partial charge is 0.340 e. The van der Waals surface area contributed by atoms with Crippen molar-refractivity contribution in [3.05, 3.63) is 35.4 Å². The highest BCUT2D eigenvalue weighted by atomic mass is 16.5. The molecule has 7 nitrogen and oxygen atoms in total. The number of fused-ring (bicyclic) bond motifs is 1. The fourth-order valence-corrected chi connectivity index (χ4v) is 2.53. The van der Waals surface area contributed by atoms with E-state index in [2.05, 4.69) is 15.1 Å². The highest BCUT2D eigenvalue weighted by Gasteiger charge is 2.21. The Morgan fingerprint density at radius 2 is 2.19 bits per heavy atom. The van der Waals surface area contributed by atoms with E-state index in [1.54, 1.807) is 12.4 Å². The minimum absolute atomic E-state index is 0.402. The molecule has 0 spiro atoms. The summed E-state index contributed by atoms with van der Waals surface area (Å²) in [6, 6.07) is 3.76. The summed E-state index contributed by atoms with van der Waals surface area (Å²) < 4.78 is 6.82. The number of anilines is 2. The van der Waals surface area contributed by atoms with Gasteiger partial charge in [0.05, 0.1) is 19.2 Å². The Morgan fingerprint density at radius 1 is 1.38 bits per heavy atom. The Morgan fingerprint density at radius 3 is 2.95 bits per heavy atom. The minimum Gasteiger partial charge on any atom is -0.465 e. The van der Waals surface area contributed by atoms with Crippen LogP contribution < -0.4 is 10.6 Å². The number of carbonyl (C=O) groups is 1. The van der Waals surface area contributed by atoms with Gasteiger partial charge in [0.1, 0.15) is 6.33 Å². The summed E-state index contributed by atoms with van der Waals surface area (Å²) in [5.74, 6) is 0.493. The van der Waals surface area contributed by atoms with Gasteiger partial charge < -0.3 is 19.9 Å². The van der Waals surface area contributed by atoms with Crippen molar-refractivity contribution >= 4 is 17.3 Å². The van der Waals surface area contributed by atoms with E-state index >= 15 is 0 Å². The molecule has 0 atom stereocenters. The van der Waals surface area contributed by atoms with Gasteiger partial charge in [0.2, 0.25) is 0 Å². The quantitative estimate of drug-likeness (QED) is 0.654. The van der Waals surface area contributed by atoms with Crippen molar-refractivity contribution in [1.82, 2.24) is 14.8 Å². The van der Waals surface area contributed by atoms with E-state index in [1.807, 2.05) is 17.6 Å². The summed E-state index contributed by atoms with van der Waals surface area (Å²) in [4.78, 5) is 14.0. The van der Waals surface area contributed by atoms with Crippen molar-refractivity contribution < 1.29 is 9.53 Å². The van der Waals surface area contributed by atoms with Crippen LogP contribution in [0, 0.1) is 6.92 Å². The van der Waals surface area contributed by atoms with E-state index in [0.29, 0.717) is 17.8 Å². The van der Waals surface area contributed by atoms with Gasteiger partial charge in [-0.2, -0.15) is 0 Å². The second-order valence-electron chi connectivity index (χ2n) is 5.08. The number of ether oxygens (including phenoxy) is 1. The van der Waals surface area contributed by atoms with Crippen molar-refractivity contribution in [1.29, 1.82) is 0 Å². The molecule has 0 unspecified atom stereocenters. The van der Waals surface area contributed by atoms with Crippen LogP contribution in [-0.4, -0.2) is 34.4 Å². The third kappa shape index (κ3) is 2.31. The zero-order chi connectivity index (χ0) is 15.0. The minimum atomic E-state index is -0.419. The zero-order valence-electron chi connectivity index (χ0n) is 12.0. The maximum absolute atomic E-state index is 11.8. The Kier molecular flexibility index (Phi) is 3.25. The lowest BCUT2D eigenvalue weighted by Gasteiger charge is -2.29. The van der Waals surface area contributed by atoms with Crippen LogP contribution in [0.2, 0.25) is 0 Å². The molecule has 0 amide bonds. The van der Waals surface area contributed by atoms with Gasteiger partial charge in [-0.25, -0.2) is 4.79 Å². The van der Waals surface area contributed by atoms with Gasteiger partial charge >= 0.3 is 5.97 Å². The van der Waals surface area contributed by atoms with Crippen LogP contribution in [0.1, 0.15) is 21.7 Å². The van der Waals surface area contributed by atoms with Gasteiger partial charge in [0.15, 0.2) is 5.82 Å². The number of nitrogens with two attached hydrogens (primary N) is 1. The van der Waals surface area contributed by atoms with Crippen LogP contribution >= 0.6 is 0 Å². The predicted molar refractivity (Wildman–Crippen MR) is 78.0 cm³/mol. The molecule has 0 fully saturated rings. The summed E-state index contributed by atoms with van der Waals surface area (Å²) in [5.41, 5.74) is 8.64. The molecule has 0 saturated carbocycles. The number of hydrogen-bond acceptors (Lipinski definition) is 6. The number of nitrogen functional groups attached to an aromatic ring is 1. The molecule has 0 bridgehead atoms. The van der Waals surface area contributed by atoms with Crippen molar-refractivity contribution in [3.63, 3.8) is 0 Å². The molecular formula is C14H17N5O2. The number of benzene rings is 1. The van der Waals surface area contributed by atoms with E-state index in [1.165, 1.54) is 7.11 Å². The second-order valence-corrected chi connectivity index (χ2v) is 5.08. The van der Waals surface area contributed by atoms with Crippen LogP contribution in [0.25, 0.3) is 0 Å². The molecule has 0 saturated heterocycles. The number of methoxy groups -OCH3 is 1. The van der Waals surface area contributed by atoms with E-state index < -0.39 is 5.97 Å². The number of hydrogen-bond donors (Lipinski definition) is 1. The highest BCUT2D eigenvalue weighted by molar-refractivity contribution is 5.97. The van der Waals surface area contributed by atoms with Gasteiger partial charge in [-0.15, -0.1) is 10.2 Å². The molecule has 0 radical (unpaired) electrons. The third-order valence-corrected chi connectivity index (χ3v) is 3.78. The topological polar surface area (TPSA) is 86.3 Å². The summed E-state index contributed by atoms with van der Waals surface area (Å²) in [6.45, 7) is 4.19. The molecule has 3 rings (SSSR count). The van der Waals surface area contributed by atoms with Crippen molar-refractivity contribution in [3.8, 4) is 0 Å². The number of nitrogens with zero attached hydrogens (tertiary/aromatic N) is 4. The SMILES string of the molecule is COC(=O)c1cc(N2CCn3cnnc3C2)cc(C)c1N. The van der Waals surface area contributed by atoms with E-state index in [4.69, 9.17) is 10.5 Å². The molecule has 21 heavy (non-hydrogen) atoms. The Labute approximate surface area is 122 Å². The van der Waals surface area contributed by atoms with Crippen LogP contribution in [0.5, 0.6) is 0 Å². The Balaban J connectivity index is 1.96. The molecular weight excluding hydrogens is 270 g/mol. The summed E-state index contributed by atoms with van der Waals surface area (Å²) in [7, 11) is 1.35. The zero-order valence-corrected chi connectivity index (χ0v) is 12.0. The maximum atomic E-state index is 11.8. The fraction of sp³-hybridized carbons (Fsp3) is 0.357. The van der Waals surface area contributed by atoms with Gasteiger partial charge in [-0.05, 0) is 24.6 Å². The first-order valence-electron chi connectivity index (χ1n) is 6.70. The highest BCUT2D eigenvalue weighted by Crippen LogP contribution is 2.28. The van der Waals surface area contributed by atoms with Gasteiger partial charge in [0, 0.05) is 24.5 Å². The largest absolute Gasteiger partial charge is 0.465 e. The molecule has 110 valence electrons. The van der Waals surface area contributed by atoms with Crippen molar-refractivity contribution in [2.45, 2.75) is 20.0 Å². The lowest BCUT2D eigenvalue weighted by atomic mass is 10.1. The van der Waals surface area contributed by atoms with E-state index in [-0.39, 0.29) is 0 Å². The molecule has 1 aromatic carbocycles. The van der Waals surface area contributed by atoms with Crippen molar-refractivity contribution in [2.24, 2.45) is 0 Å². The molecule has 2 N–H and O–H groups in total. The standard InChI is InChI=1S/C14H17N5O2/c1-9-5-10(6-11(13(9)15)14(20)21-2)18-3-4-19-8-16-17-12(19)7-18/h5-6,8H,3-4,7,15H2,1-2H3. The number of rotatable bonds is 2. The molecule has 1 aliphatic heterocycles. The molecule has 7 heteroatoms. The number of esters is 1. The van der Waals surface area contributed by atoms with Gasteiger partial charge in [0.25, 0.3) is 0 Å². The van der Waals surface area contributed by atoms with Crippen LogP contribution in [0.3, 0.4) is 0 Å². The first kappa shape index (κ1) is 13.4. The lowest BCUT2D eigenvalue weighted by Crippen LogP contribution is -2.33. The summed E-state index contributed by atoms with van der Waals surface area (Å²) >= 11 is 0. The lowest BCUT2D eigenvalue weighted by molar-refractivity contribution is 0.0602. The Bertz CT molecular complexity index is 695. The van der Waals surface area contributed by atoms with Crippen LogP contribution in [0.15, 0.2) is 18.5 Å². The first-order chi connectivity index (χ1) is 10.1. The molecule has 1 aliphatic rings. The molecule has 1 aromatic heterocycles. The van der Waals surface area contributed by atoms with Gasteiger partial charge in [-0.3, -0.25) is 0 Å². The monoisotopic (exact) mass is 287 g/mol. The average molecular weight is 287 g/mol. The van der Waals surface area contributed by atoms with Crippen LogP contribution in [0.4, 0.5) is 11.4 Å². The van der Waals surface area contributed by atoms with E-state index in [0.717, 1.165) is 30.2 Å². The van der Waals surface area contributed by atoms with E-state index in [9.17, 15) is 4.79 Å². The maximum Gasteiger partial charge on any atom is 0.340 e. The van der Waals surface area contributed by atoms with Gasteiger partial charge in [-0.1, -0.05) is 0 Å². The van der Waals surface area contributed by atoms with Crippen molar-refractivity contribution in [2.75, 3.05) is 24.3 Å². The van der Waals surface area contributed by atoms with Crippen LogP contribution in [-0.2, 0) is 17.8 Å². The average Bonchev–Trinajstić information content (AvgIpc) is 2.96. The normalized spacial score (nSPS) is 13.9. The first-order valence-corrected chi connectivity index (χ1v) is 6.70. The number of carbonyl (C=O) groups excluding carboxylic acids is 1. The number of aromatic nitrogens is 3. The second kappa shape index (κ2) is 5.08. The fourth-order valence-electron chi connectivity index (χ4n) is 2.53. The third-order valence-electron chi connectivity index (χ3n) is 3.78. The summed E-state index contributed by atoms with van der Waals surface area (Å²) in [6.07, 6.45) is 1.74. The predicted octanol–water partition coefficient (Wildman–Crippen LogP) is 0.976. The molecule has 2 heterocycles. The molecule has 0 aliphatic carbocycles.